The zero-order chi connectivity index (χ0) is 21.6. The molecular formula is C24H32N8. The Morgan fingerprint density at radius 2 is 0.438 bits per heavy atom. The van der Waals surface area contributed by atoms with Crippen LogP contribution in [-0.4, -0.2) is 91.6 Å². The molecule has 0 aliphatic carbocycles. The quantitative estimate of drug-likeness (QED) is 0.573. The van der Waals surface area contributed by atoms with E-state index in [0.717, 1.165) is 78.0 Å². The lowest BCUT2D eigenvalue weighted by Gasteiger charge is -2.24. The maximum atomic E-state index is 3.44. The van der Waals surface area contributed by atoms with Crippen LogP contribution in [0.3, 0.4) is 0 Å². The van der Waals surface area contributed by atoms with E-state index in [9.17, 15) is 0 Å². The van der Waals surface area contributed by atoms with Gasteiger partial charge in [0.05, 0.1) is 0 Å². The summed E-state index contributed by atoms with van der Waals surface area (Å²) in [6, 6.07) is 0. The van der Waals surface area contributed by atoms with Crippen LogP contribution in [0.25, 0.3) is 0 Å². The first-order valence-electron chi connectivity index (χ1n) is 11.7. The second-order valence-electron chi connectivity index (χ2n) is 8.55. The second kappa shape index (κ2) is 10.3. The van der Waals surface area contributed by atoms with Gasteiger partial charge in [-0.05, 0) is 25.7 Å². The Bertz CT molecular complexity index is 551. The average Bonchev–Trinajstić information content (AvgIpc) is 3.57. The summed E-state index contributed by atoms with van der Waals surface area (Å²) in [5, 5.41) is 0. The van der Waals surface area contributed by atoms with Crippen LogP contribution in [0.1, 0.15) is 25.7 Å². The van der Waals surface area contributed by atoms with Crippen LogP contribution in [0.5, 0.6) is 0 Å². The lowest BCUT2D eigenvalue weighted by Crippen LogP contribution is -2.28. The van der Waals surface area contributed by atoms with Crippen molar-refractivity contribution in [2.24, 2.45) is 0 Å². The highest BCUT2D eigenvalue weighted by atomic mass is 15.4. The van der Waals surface area contributed by atoms with Gasteiger partial charge in [0.25, 0.3) is 0 Å². The third-order valence-electron chi connectivity index (χ3n) is 5.93. The molecule has 0 atom stereocenters. The Hall–Kier alpha value is -2.64. The van der Waals surface area contributed by atoms with E-state index in [4.69, 9.17) is 0 Å². The molecule has 0 amide bonds. The van der Waals surface area contributed by atoms with Crippen molar-refractivity contribution in [2.45, 2.75) is 25.7 Å². The SMILES string of the molecule is [C]1N2C=CN1CCCN1[C]N(C=C1)CCCN1[C]N(C=C1)CCCN1[C]N(C=C1)CCC2. The van der Waals surface area contributed by atoms with E-state index < -0.39 is 0 Å². The zero-order valence-corrected chi connectivity index (χ0v) is 18.7. The summed E-state index contributed by atoms with van der Waals surface area (Å²) in [7, 11) is 0. The Morgan fingerprint density at radius 3 is 0.594 bits per heavy atom. The van der Waals surface area contributed by atoms with Crippen LogP contribution in [0, 0.1) is 26.7 Å². The number of rotatable bonds is 0. The standard InChI is InChI=1S/C24H32N8/c1-5-25-13-15-27(21-25)7-2-9-29-17-19-31(23-29)11-4-12-32-20-18-30(24-32)10-3-8-28-16-14-26(6-1)22-28/h13-20H,1-12H2. The molecule has 8 bridgehead atoms. The molecule has 5 aliphatic heterocycles. The first kappa shape index (κ1) is 21.2. The summed E-state index contributed by atoms with van der Waals surface area (Å²) < 4.78 is 0. The van der Waals surface area contributed by atoms with E-state index >= 15 is 0 Å². The molecule has 0 aromatic rings. The molecule has 1 saturated heterocycles. The van der Waals surface area contributed by atoms with Crippen molar-refractivity contribution < 1.29 is 0 Å². The summed E-state index contributed by atoms with van der Waals surface area (Å²) in [5.41, 5.74) is 0. The van der Waals surface area contributed by atoms with Gasteiger partial charge in [0.2, 0.25) is 26.7 Å². The van der Waals surface area contributed by atoms with Crippen molar-refractivity contribution in [3.63, 3.8) is 0 Å². The van der Waals surface area contributed by atoms with E-state index in [2.05, 4.69) is 115 Å². The van der Waals surface area contributed by atoms with Gasteiger partial charge in [-0.2, -0.15) is 0 Å². The molecule has 5 aliphatic rings. The molecule has 8 radical (unpaired) electrons. The minimum Gasteiger partial charge on any atom is -0.346 e. The number of hydrogen-bond donors (Lipinski definition) is 0. The van der Waals surface area contributed by atoms with Gasteiger partial charge in [0, 0.05) is 102 Å². The molecule has 168 valence electrons. The summed E-state index contributed by atoms with van der Waals surface area (Å²) in [4.78, 5) is 17.3. The average molecular weight is 433 g/mol. The maximum absolute atomic E-state index is 3.44. The monoisotopic (exact) mass is 432 g/mol. The van der Waals surface area contributed by atoms with Crippen LogP contribution in [-0.2, 0) is 0 Å². The van der Waals surface area contributed by atoms with Gasteiger partial charge in [0.15, 0.2) is 0 Å². The second-order valence-corrected chi connectivity index (χ2v) is 8.55. The summed E-state index contributed by atoms with van der Waals surface area (Å²) in [5.74, 6) is 0. The smallest absolute Gasteiger partial charge is 0.207 e. The topological polar surface area (TPSA) is 25.9 Å². The molecular weight excluding hydrogens is 400 g/mol. The number of fused-ring (bicyclic) bond motifs is 8. The Morgan fingerprint density at radius 1 is 0.281 bits per heavy atom. The molecule has 0 N–H and O–H groups in total. The molecule has 8 nitrogen and oxygen atoms in total. The molecule has 1 fully saturated rings. The summed E-state index contributed by atoms with van der Waals surface area (Å²) >= 11 is 0. The van der Waals surface area contributed by atoms with Crippen molar-refractivity contribution in [2.75, 3.05) is 52.4 Å². The molecule has 0 aromatic heterocycles. The molecule has 0 spiro atoms. The first-order chi connectivity index (χ1) is 15.8. The first-order valence-corrected chi connectivity index (χ1v) is 11.7. The Labute approximate surface area is 193 Å². The highest BCUT2D eigenvalue weighted by Crippen LogP contribution is 2.18. The lowest BCUT2D eigenvalue weighted by molar-refractivity contribution is 0.278. The fourth-order valence-corrected chi connectivity index (χ4v) is 4.21. The van der Waals surface area contributed by atoms with Crippen LogP contribution in [0.2, 0.25) is 0 Å². The minimum atomic E-state index is 0.966. The molecule has 5 heterocycles. The lowest BCUT2D eigenvalue weighted by atomic mass is 10.3. The third-order valence-corrected chi connectivity index (χ3v) is 5.93. The Kier molecular flexibility index (Phi) is 6.84. The number of nitrogens with zero attached hydrogens (tertiary/aromatic N) is 8. The van der Waals surface area contributed by atoms with Gasteiger partial charge in [-0.15, -0.1) is 0 Å². The van der Waals surface area contributed by atoms with Gasteiger partial charge >= 0.3 is 0 Å². The van der Waals surface area contributed by atoms with E-state index in [1.54, 1.807) is 0 Å². The van der Waals surface area contributed by atoms with Crippen LogP contribution >= 0.6 is 0 Å². The van der Waals surface area contributed by atoms with Gasteiger partial charge in [-0.3, -0.25) is 0 Å². The highest BCUT2D eigenvalue weighted by molar-refractivity contribution is 5.01. The van der Waals surface area contributed by atoms with Crippen LogP contribution in [0.4, 0.5) is 0 Å². The van der Waals surface area contributed by atoms with Crippen molar-refractivity contribution in [3.05, 3.63) is 76.3 Å². The van der Waals surface area contributed by atoms with Crippen molar-refractivity contribution in [1.82, 2.24) is 39.2 Å². The van der Waals surface area contributed by atoms with Gasteiger partial charge in [-0.25, -0.2) is 0 Å². The van der Waals surface area contributed by atoms with Crippen molar-refractivity contribution in [3.8, 4) is 0 Å². The van der Waals surface area contributed by atoms with Gasteiger partial charge < -0.3 is 39.2 Å². The largest absolute Gasteiger partial charge is 0.346 e. The van der Waals surface area contributed by atoms with E-state index in [1.165, 1.54) is 0 Å². The van der Waals surface area contributed by atoms with Gasteiger partial charge in [-0.1, -0.05) is 0 Å². The normalized spacial score (nSPS) is 25.0. The summed E-state index contributed by atoms with van der Waals surface area (Å²) in [6.07, 6.45) is 21.2. The summed E-state index contributed by atoms with van der Waals surface area (Å²) in [6.45, 7) is 21.5. The van der Waals surface area contributed by atoms with Crippen molar-refractivity contribution >= 4 is 0 Å². The maximum Gasteiger partial charge on any atom is 0.207 e. The van der Waals surface area contributed by atoms with Crippen LogP contribution < -0.4 is 0 Å². The van der Waals surface area contributed by atoms with E-state index in [1.807, 2.05) is 0 Å². The van der Waals surface area contributed by atoms with Crippen LogP contribution in [0.15, 0.2) is 49.6 Å². The predicted molar refractivity (Wildman–Crippen MR) is 122 cm³/mol. The highest BCUT2D eigenvalue weighted by Gasteiger charge is 2.20. The zero-order valence-electron chi connectivity index (χ0n) is 18.7. The Balaban J connectivity index is 1.10. The van der Waals surface area contributed by atoms with Gasteiger partial charge in [0.1, 0.15) is 0 Å². The fraction of sp³-hybridized carbons (Fsp3) is 0.500. The minimum absolute atomic E-state index is 0.966. The molecule has 32 heavy (non-hydrogen) atoms. The molecule has 8 heteroatoms. The van der Waals surface area contributed by atoms with E-state index in [0.29, 0.717) is 0 Å². The molecule has 0 unspecified atom stereocenters. The predicted octanol–water partition coefficient (Wildman–Crippen LogP) is 1.90. The third kappa shape index (κ3) is 5.78. The molecule has 5 rings (SSSR count). The molecule has 0 aromatic carbocycles. The molecule has 0 saturated carbocycles. The fourth-order valence-electron chi connectivity index (χ4n) is 4.21. The van der Waals surface area contributed by atoms with E-state index in [-0.39, 0.29) is 0 Å². The number of hydrogen-bond acceptors (Lipinski definition) is 8. The van der Waals surface area contributed by atoms with Crippen molar-refractivity contribution in [1.29, 1.82) is 0 Å².